The summed E-state index contributed by atoms with van der Waals surface area (Å²) in [5.74, 6) is 0.410. The number of hydrogen-bond acceptors (Lipinski definition) is 0. The van der Waals surface area contributed by atoms with Gasteiger partial charge >= 0.3 is 0 Å². The molecule has 0 spiro atoms. The molecule has 0 N–H and O–H groups in total. The molecule has 1 heteroatoms. The second-order valence-electron chi connectivity index (χ2n) is 2.23. The first-order valence-corrected chi connectivity index (χ1v) is 3.22. The van der Waals surface area contributed by atoms with E-state index in [0.29, 0.717) is 5.76 Å². The van der Waals surface area contributed by atoms with E-state index in [1.807, 2.05) is 0 Å². The highest BCUT2D eigenvalue weighted by atomic mass is 16.3. The Balaban J connectivity index is 2.58. The van der Waals surface area contributed by atoms with Crippen LogP contribution in [-0.4, -0.2) is 0 Å². The topological polar surface area (TPSA) is 19.9 Å². The minimum atomic E-state index is 0.410. The molecule has 0 unspecified atom stereocenters. The lowest BCUT2D eigenvalue weighted by atomic mass is 10.2. The van der Waals surface area contributed by atoms with E-state index in [4.69, 9.17) is 0 Å². The fourth-order valence-electron chi connectivity index (χ4n) is 1.15. The van der Waals surface area contributed by atoms with E-state index in [1.165, 1.54) is 0 Å². The second-order valence-corrected chi connectivity index (χ2v) is 2.23. The van der Waals surface area contributed by atoms with E-state index in [2.05, 4.69) is 6.92 Å². The van der Waals surface area contributed by atoms with Crippen molar-refractivity contribution in [2.75, 3.05) is 0 Å². The third kappa shape index (κ3) is 0.857. The summed E-state index contributed by atoms with van der Waals surface area (Å²) >= 11 is 0. The highest BCUT2D eigenvalue weighted by Gasteiger charge is 2.12. The minimum Gasteiger partial charge on any atom is -0.295 e. The first-order valence-electron chi connectivity index (χ1n) is 3.22. The Morgan fingerprint density at radius 3 is 2.50 bits per heavy atom. The van der Waals surface area contributed by atoms with Crippen LogP contribution < -0.4 is 0 Å². The summed E-state index contributed by atoms with van der Waals surface area (Å²) in [5.41, 5.74) is 1.16. The lowest BCUT2D eigenvalue weighted by molar-refractivity contribution is 0.283. The Kier molecular flexibility index (Phi) is 1.56. The van der Waals surface area contributed by atoms with Gasteiger partial charge in [-0.2, -0.15) is 0 Å². The summed E-state index contributed by atoms with van der Waals surface area (Å²) in [4.78, 5) is 0. The Morgan fingerprint density at radius 1 is 1.50 bits per heavy atom. The average Bonchev–Trinajstić information content (AvgIpc) is 2.14. The van der Waals surface area contributed by atoms with Crippen LogP contribution in [0.1, 0.15) is 32.6 Å². The first kappa shape index (κ1) is 5.67. The molecule has 1 aliphatic rings. The zero-order valence-corrected chi connectivity index (χ0v) is 5.24. The van der Waals surface area contributed by atoms with E-state index < -0.39 is 0 Å². The van der Waals surface area contributed by atoms with Crippen LogP contribution in [0.4, 0.5) is 0 Å². The molecule has 8 heavy (non-hydrogen) atoms. The summed E-state index contributed by atoms with van der Waals surface area (Å²) in [6.45, 7) is 2.05. The Bertz CT molecular complexity index is 114. The van der Waals surface area contributed by atoms with Crippen molar-refractivity contribution < 1.29 is 5.11 Å². The molecule has 0 amide bonds. The maximum atomic E-state index is 10.8. The molecule has 0 bridgehead atoms. The Morgan fingerprint density at radius 2 is 2.25 bits per heavy atom. The predicted octanol–water partition coefficient (Wildman–Crippen LogP) is 2.26. The van der Waals surface area contributed by atoms with Gasteiger partial charge in [0.1, 0.15) is 0 Å². The fraction of sp³-hybridized carbons (Fsp3) is 0.714. The largest absolute Gasteiger partial charge is 0.295 e. The number of hydrogen-bond donors (Lipinski definition) is 0. The fourth-order valence-corrected chi connectivity index (χ4v) is 1.15. The highest BCUT2D eigenvalue weighted by molar-refractivity contribution is 5.11. The predicted molar refractivity (Wildman–Crippen MR) is 31.9 cm³/mol. The Hall–Kier alpha value is -0.460. The maximum Gasteiger partial charge on any atom is 0.154 e. The van der Waals surface area contributed by atoms with Crippen molar-refractivity contribution in [3.05, 3.63) is 11.3 Å². The van der Waals surface area contributed by atoms with Crippen molar-refractivity contribution in [1.82, 2.24) is 0 Å². The maximum absolute atomic E-state index is 10.8. The molecule has 1 nitrogen and oxygen atoms in total. The zero-order valence-electron chi connectivity index (χ0n) is 5.24. The van der Waals surface area contributed by atoms with Gasteiger partial charge in [-0.1, -0.05) is 6.92 Å². The van der Waals surface area contributed by atoms with E-state index in [9.17, 15) is 5.11 Å². The van der Waals surface area contributed by atoms with E-state index in [-0.39, 0.29) is 0 Å². The third-order valence-electron chi connectivity index (χ3n) is 1.70. The van der Waals surface area contributed by atoms with E-state index in [1.54, 1.807) is 0 Å². The van der Waals surface area contributed by atoms with Crippen molar-refractivity contribution in [3.8, 4) is 0 Å². The van der Waals surface area contributed by atoms with Gasteiger partial charge in [0.15, 0.2) is 5.76 Å². The standard InChI is InChI=1S/C7H11O/c1-2-6-4-3-5-7(6)8/h2-5H2,1H3. The van der Waals surface area contributed by atoms with Crippen LogP contribution in [0.2, 0.25) is 0 Å². The van der Waals surface area contributed by atoms with E-state index >= 15 is 0 Å². The molecule has 0 saturated carbocycles. The van der Waals surface area contributed by atoms with Crippen LogP contribution in [0.3, 0.4) is 0 Å². The molecule has 0 aromatic carbocycles. The van der Waals surface area contributed by atoms with Crippen molar-refractivity contribution in [2.45, 2.75) is 32.6 Å². The van der Waals surface area contributed by atoms with Gasteiger partial charge in [0.05, 0.1) is 0 Å². The summed E-state index contributed by atoms with van der Waals surface area (Å²) in [6, 6.07) is 0. The number of rotatable bonds is 1. The smallest absolute Gasteiger partial charge is 0.154 e. The summed E-state index contributed by atoms with van der Waals surface area (Å²) in [7, 11) is 0. The molecule has 0 aromatic heterocycles. The van der Waals surface area contributed by atoms with Gasteiger partial charge in [0, 0.05) is 6.42 Å². The van der Waals surface area contributed by atoms with Gasteiger partial charge in [-0.05, 0) is 24.8 Å². The molecule has 0 saturated heterocycles. The summed E-state index contributed by atoms with van der Waals surface area (Å²) in [5, 5.41) is 10.8. The van der Waals surface area contributed by atoms with Crippen LogP contribution in [0, 0.1) is 0 Å². The summed E-state index contributed by atoms with van der Waals surface area (Å²) in [6.07, 6.45) is 3.94. The van der Waals surface area contributed by atoms with Crippen molar-refractivity contribution in [1.29, 1.82) is 0 Å². The third-order valence-corrected chi connectivity index (χ3v) is 1.70. The lowest BCUT2D eigenvalue weighted by Gasteiger charge is -1.90. The highest BCUT2D eigenvalue weighted by Crippen LogP contribution is 2.25. The van der Waals surface area contributed by atoms with Gasteiger partial charge in [-0.15, -0.1) is 0 Å². The molecule has 1 rings (SSSR count). The molecule has 0 fully saturated rings. The van der Waals surface area contributed by atoms with E-state index in [0.717, 1.165) is 31.3 Å². The number of allylic oxidation sites excluding steroid dienone is 2. The van der Waals surface area contributed by atoms with Gasteiger partial charge in [-0.3, -0.25) is 5.11 Å². The molecule has 0 aliphatic heterocycles. The lowest BCUT2D eigenvalue weighted by Crippen LogP contribution is -1.75. The molecule has 0 aromatic rings. The Labute approximate surface area is 50.0 Å². The van der Waals surface area contributed by atoms with Gasteiger partial charge < -0.3 is 0 Å². The van der Waals surface area contributed by atoms with Gasteiger partial charge in [-0.25, -0.2) is 0 Å². The molecule has 0 atom stereocenters. The van der Waals surface area contributed by atoms with Gasteiger partial charge in [0.25, 0.3) is 0 Å². The van der Waals surface area contributed by atoms with Crippen molar-refractivity contribution in [2.24, 2.45) is 0 Å². The van der Waals surface area contributed by atoms with Crippen LogP contribution in [0.25, 0.3) is 0 Å². The monoisotopic (exact) mass is 111 g/mol. The molecule has 45 valence electrons. The van der Waals surface area contributed by atoms with Crippen molar-refractivity contribution >= 4 is 0 Å². The van der Waals surface area contributed by atoms with Crippen LogP contribution in [0.5, 0.6) is 0 Å². The molecule has 1 radical (unpaired) electrons. The zero-order chi connectivity index (χ0) is 5.98. The van der Waals surface area contributed by atoms with Crippen LogP contribution >= 0.6 is 0 Å². The second kappa shape index (κ2) is 2.21. The minimum absolute atomic E-state index is 0.410. The van der Waals surface area contributed by atoms with Crippen molar-refractivity contribution in [3.63, 3.8) is 0 Å². The SMILES string of the molecule is CCC1=C([O])CCC1. The molecular weight excluding hydrogens is 100 g/mol. The van der Waals surface area contributed by atoms with Gasteiger partial charge in [0.2, 0.25) is 0 Å². The normalized spacial score (nSPS) is 20.1. The molecule has 0 heterocycles. The first-order chi connectivity index (χ1) is 3.84. The van der Waals surface area contributed by atoms with Crippen LogP contribution in [-0.2, 0) is 5.11 Å². The summed E-state index contributed by atoms with van der Waals surface area (Å²) < 4.78 is 0. The molecular formula is C7H11O. The average molecular weight is 111 g/mol. The quantitative estimate of drug-likeness (QED) is 0.494. The molecule has 1 aliphatic carbocycles. The van der Waals surface area contributed by atoms with Crippen LogP contribution in [0.15, 0.2) is 11.3 Å².